The highest BCUT2D eigenvalue weighted by Gasteiger charge is 2.29. The van der Waals surface area contributed by atoms with Crippen LogP contribution in [-0.4, -0.2) is 16.1 Å². The maximum Gasteiger partial charge on any atom is 0.228 e. The van der Waals surface area contributed by atoms with Gasteiger partial charge in [-0.05, 0) is 61.4 Å². The second kappa shape index (κ2) is 7.23. The average Bonchev–Trinajstić information content (AvgIpc) is 3.51. The monoisotopic (exact) mass is 346 g/mol. The molecular formula is C20H18N4O2. The second-order valence-electron chi connectivity index (χ2n) is 6.13. The van der Waals surface area contributed by atoms with Crippen molar-refractivity contribution in [3.8, 4) is 11.5 Å². The van der Waals surface area contributed by atoms with E-state index in [1.54, 1.807) is 12.1 Å². The van der Waals surface area contributed by atoms with Gasteiger partial charge in [-0.3, -0.25) is 4.79 Å². The van der Waals surface area contributed by atoms with E-state index in [4.69, 9.17) is 4.74 Å². The van der Waals surface area contributed by atoms with Crippen LogP contribution in [0.3, 0.4) is 0 Å². The third-order valence-corrected chi connectivity index (χ3v) is 3.97. The standard InChI is InChI=1S/C20H18N4O2/c25-20(14-6-7-14)22-19-13-12-18(23-24-19)21-15-8-10-17(11-9-15)26-16-4-2-1-3-5-16/h1-5,8-14H,6-7H2,(H,21,23)(H,22,24,25). The minimum atomic E-state index is 0.0222. The normalized spacial score (nSPS) is 13.1. The fourth-order valence-electron chi connectivity index (χ4n) is 2.42. The fourth-order valence-corrected chi connectivity index (χ4v) is 2.42. The van der Waals surface area contributed by atoms with Gasteiger partial charge in [0, 0.05) is 11.6 Å². The first-order valence-corrected chi connectivity index (χ1v) is 8.51. The number of aromatic nitrogens is 2. The maximum atomic E-state index is 11.7. The number of rotatable bonds is 6. The predicted octanol–water partition coefficient (Wildman–Crippen LogP) is 4.36. The van der Waals surface area contributed by atoms with Crippen LogP contribution >= 0.6 is 0 Å². The lowest BCUT2D eigenvalue weighted by Crippen LogP contribution is -2.14. The van der Waals surface area contributed by atoms with E-state index < -0.39 is 0 Å². The van der Waals surface area contributed by atoms with Crippen LogP contribution in [0.1, 0.15) is 12.8 Å². The Morgan fingerprint density at radius 2 is 1.50 bits per heavy atom. The molecule has 26 heavy (non-hydrogen) atoms. The number of benzene rings is 2. The Morgan fingerprint density at radius 1 is 0.846 bits per heavy atom. The van der Waals surface area contributed by atoms with E-state index in [1.165, 1.54) is 0 Å². The molecule has 3 aromatic rings. The van der Waals surface area contributed by atoms with Crippen LogP contribution in [0.25, 0.3) is 0 Å². The van der Waals surface area contributed by atoms with E-state index in [2.05, 4.69) is 20.8 Å². The molecule has 6 nitrogen and oxygen atoms in total. The van der Waals surface area contributed by atoms with Crippen molar-refractivity contribution in [1.29, 1.82) is 0 Å². The van der Waals surface area contributed by atoms with Crippen LogP contribution in [0.5, 0.6) is 11.5 Å². The molecule has 1 amide bonds. The van der Waals surface area contributed by atoms with E-state index in [0.717, 1.165) is 30.0 Å². The maximum absolute atomic E-state index is 11.7. The third-order valence-electron chi connectivity index (χ3n) is 3.97. The first kappa shape index (κ1) is 16.1. The van der Waals surface area contributed by atoms with Crippen LogP contribution in [0.15, 0.2) is 66.7 Å². The minimum Gasteiger partial charge on any atom is -0.457 e. The molecule has 1 aliphatic rings. The molecule has 130 valence electrons. The van der Waals surface area contributed by atoms with Gasteiger partial charge >= 0.3 is 0 Å². The van der Waals surface area contributed by atoms with Crippen molar-refractivity contribution in [2.75, 3.05) is 10.6 Å². The summed E-state index contributed by atoms with van der Waals surface area (Å²) in [4.78, 5) is 11.7. The lowest BCUT2D eigenvalue weighted by Gasteiger charge is -2.08. The zero-order chi connectivity index (χ0) is 17.8. The second-order valence-corrected chi connectivity index (χ2v) is 6.13. The number of nitrogens with one attached hydrogen (secondary N) is 2. The zero-order valence-corrected chi connectivity index (χ0v) is 14.1. The van der Waals surface area contributed by atoms with Gasteiger partial charge in [-0.25, -0.2) is 0 Å². The Labute approximate surface area is 151 Å². The summed E-state index contributed by atoms with van der Waals surface area (Å²) in [6.07, 6.45) is 1.92. The summed E-state index contributed by atoms with van der Waals surface area (Å²) in [6, 6.07) is 20.7. The molecule has 0 radical (unpaired) electrons. The number of hydrogen-bond acceptors (Lipinski definition) is 5. The molecule has 4 rings (SSSR count). The molecule has 0 spiro atoms. The third kappa shape index (κ3) is 4.16. The van der Waals surface area contributed by atoms with Gasteiger partial charge in [0.1, 0.15) is 11.5 Å². The SMILES string of the molecule is O=C(Nc1ccc(Nc2ccc(Oc3ccccc3)cc2)nn1)C1CC1. The van der Waals surface area contributed by atoms with Crippen LogP contribution < -0.4 is 15.4 Å². The van der Waals surface area contributed by atoms with Gasteiger partial charge in [0.25, 0.3) is 0 Å². The fraction of sp³-hybridized carbons (Fsp3) is 0.150. The average molecular weight is 346 g/mol. The van der Waals surface area contributed by atoms with Gasteiger partial charge in [0.15, 0.2) is 11.6 Å². The van der Waals surface area contributed by atoms with Gasteiger partial charge in [-0.15, -0.1) is 10.2 Å². The Balaban J connectivity index is 1.35. The number of carbonyl (C=O) groups is 1. The summed E-state index contributed by atoms with van der Waals surface area (Å²) in [6.45, 7) is 0. The van der Waals surface area contributed by atoms with Crippen LogP contribution in [-0.2, 0) is 4.79 Å². The summed E-state index contributed by atoms with van der Waals surface area (Å²) >= 11 is 0. The summed E-state index contributed by atoms with van der Waals surface area (Å²) in [5, 5.41) is 14.1. The van der Waals surface area contributed by atoms with E-state index >= 15 is 0 Å². The summed E-state index contributed by atoms with van der Waals surface area (Å²) in [5.41, 5.74) is 0.870. The van der Waals surface area contributed by atoms with Crippen molar-refractivity contribution >= 4 is 23.2 Å². The van der Waals surface area contributed by atoms with Crippen LogP contribution in [0.2, 0.25) is 0 Å². The number of nitrogens with zero attached hydrogens (tertiary/aromatic N) is 2. The van der Waals surface area contributed by atoms with Gasteiger partial charge in [0.05, 0.1) is 0 Å². The summed E-state index contributed by atoms with van der Waals surface area (Å²) in [7, 11) is 0. The highest BCUT2D eigenvalue weighted by atomic mass is 16.5. The van der Waals surface area contributed by atoms with Crippen LogP contribution in [0.4, 0.5) is 17.3 Å². The molecule has 6 heteroatoms. The van der Waals surface area contributed by atoms with Gasteiger partial charge < -0.3 is 15.4 Å². The largest absolute Gasteiger partial charge is 0.457 e. The van der Waals surface area contributed by atoms with Crippen molar-refractivity contribution in [2.24, 2.45) is 5.92 Å². The Bertz CT molecular complexity index is 876. The molecular weight excluding hydrogens is 328 g/mol. The first-order chi connectivity index (χ1) is 12.8. The Hall–Kier alpha value is -3.41. The van der Waals surface area contributed by atoms with Crippen molar-refractivity contribution in [3.05, 3.63) is 66.7 Å². The number of amides is 1. The number of hydrogen-bond donors (Lipinski definition) is 2. The predicted molar refractivity (Wildman–Crippen MR) is 99.6 cm³/mol. The number of carbonyl (C=O) groups excluding carboxylic acids is 1. The summed E-state index contributed by atoms with van der Waals surface area (Å²) < 4.78 is 5.76. The highest BCUT2D eigenvalue weighted by molar-refractivity contribution is 5.93. The molecule has 0 bridgehead atoms. The van der Waals surface area contributed by atoms with E-state index in [-0.39, 0.29) is 11.8 Å². The Morgan fingerprint density at radius 3 is 2.15 bits per heavy atom. The van der Waals surface area contributed by atoms with Gasteiger partial charge in [0.2, 0.25) is 5.91 Å². The molecule has 0 saturated heterocycles. The van der Waals surface area contributed by atoms with Crippen molar-refractivity contribution in [2.45, 2.75) is 12.8 Å². The van der Waals surface area contributed by atoms with Gasteiger partial charge in [-0.2, -0.15) is 0 Å². The molecule has 1 heterocycles. The number of para-hydroxylation sites is 1. The molecule has 1 fully saturated rings. The molecule has 1 aliphatic carbocycles. The minimum absolute atomic E-state index is 0.0222. The van der Waals surface area contributed by atoms with Crippen molar-refractivity contribution < 1.29 is 9.53 Å². The zero-order valence-electron chi connectivity index (χ0n) is 14.1. The van der Waals surface area contributed by atoms with Crippen LogP contribution in [0, 0.1) is 5.92 Å². The molecule has 1 saturated carbocycles. The molecule has 0 atom stereocenters. The Kier molecular flexibility index (Phi) is 4.47. The topological polar surface area (TPSA) is 76.1 Å². The lowest BCUT2D eigenvalue weighted by atomic mass is 10.3. The number of anilines is 3. The van der Waals surface area contributed by atoms with E-state index in [0.29, 0.717) is 11.6 Å². The molecule has 2 N–H and O–H groups in total. The smallest absolute Gasteiger partial charge is 0.228 e. The molecule has 0 unspecified atom stereocenters. The first-order valence-electron chi connectivity index (χ1n) is 8.51. The quantitative estimate of drug-likeness (QED) is 0.693. The van der Waals surface area contributed by atoms with Crippen molar-refractivity contribution in [1.82, 2.24) is 10.2 Å². The molecule has 2 aromatic carbocycles. The van der Waals surface area contributed by atoms with Gasteiger partial charge in [-0.1, -0.05) is 18.2 Å². The summed E-state index contributed by atoms with van der Waals surface area (Å²) in [5.74, 6) is 2.79. The van der Waals surface area contributed by atoms with E-state index in [1.807, 2.05) is 54.6 Å². The number of ether oxygens (including phenoxy) is 1. The van der Waals surface area contributed by atoms with Crippen molar-refractivity contribution in [3.63, 3.8) is 0 Å². The lowest BCUT2D eigenvalue weighted by molar-refractivity contribution is -0.117. The highest BCUT2D eigenvalue weighted by Crippen LogP contribution is 2.30. The van der Waals surface area contributed by atoms with E-state index in [9.17, 15) is 4.79 Å². The molecule has 0 aliphatic heterocycles. The molecule has 1 aromatic heterocycles.